The van der Waals surface area contributed by atoms with Crippen molar-refractivity contribution in [2.24, 2.45) is 0 Å². The van der Waals surface area contributed by atoms with Crippen molar-refractivity contribution in [3.05, 3.63) is 99.3 Å². The SMILES string of the molecule is Cc1cc(Cl)c(OCCOc2ccc(C3=C(C(=O)N(Cc4ccccc4F)C4CC4)[C@H]4CNC[C@@H](C3)N4C(=O)O)cc2)cc1C. The van der Waals surface area contributed by atoms with Crippen molar-refractivity contribution in [3.8, 4) is 11.5 Å². The fourth-order valence-corrected chi connectivity index (χ4v) is 6.55. The molecule has 0 spiro atoms. The molecule has 2 heterocycles. The predicted molar refractivity (Wildman–Crippen MR) is 170 cm³/mol. The van der Waals surface area contributed by atoms with Crippen LogP contribution in [0.3, 0.4) is 0 Å². The van der Waals surface area contributed by atoms with Gasteiger partial charge in [-0.15, -0.1) is 0 Å². The first-order valence-electron chi connectivity index (χ1n) is 15.3. The summed E-state index contributed by atoms with van der Waals surface area (Å²) in [6, 6.07) is 16.8. The zero-order valence-corrected chi connectivity index (χ0v) is 26.1. The maximum Gasteiger partial charge on any atom is 0.408 e. The lowest BCUT2D eigenvalue weighted by Gasteiger charge is -2.47. The number of carboxylic acid groups (broad SMARTS) is 1. The lowest BCUT2D eigenvalue weighted by atomic mass is 9.82. The summed E-state index contributed by atoms with van der Waals surface area (Å²) >= 11 is 6.32. The zero-order valence-electron chi connectivity index (χ0n) is 25.4. The number of amides is 2. The summed E-state index contributed by atoms with van der Waals surface area (Å²) in [5, 5.41) is 14.0. The lowest BCUT2D eigenvalue weighted by Crippen LogP contribution is -2.63. The molecule has 2 amide bonds. The number of halogens is 2. The average Bonchev–Trinajstić information content (AvgIpc) is 3.86. The van der Waals surface area contributed by atoms with E-state index in [2.05, 4.69) is 5.32 Å². The standard InChI is InChI=1S/C35H37ClFN3O5/c1-21-15-29(36)32(16-22(21)2)45-14-13-44-27-11-7-23(8-12-27)28-17-26-18-38-19-31(40(26)35(42)43)33(28)34(41)39(25-9-10-25)20-24-5-3-4-6-30(24)37/h3-8,11-12,15-16,25-26,31,38H,9-10,13-14,17-20H2,1-2H3,(H,42,43)/t26-,31-/m1/s1. The number of carbonyl (C=O) groups excluding carboxylic acids is 1. The van der Waals surface area contributed by atoms with Crippen LogP contribution in [0.1, 0.15) is 41.5 Å². The van der Waals surface area contributed by atoms with E-state index in [1.54, 1.807) is 23.1 Å². The minimum Gasteiger partial charge on any atom is -0.490 e. The van der Waals surface area contributed by atoms with Crippen molar-refractivity contribution in [2.75, 3.05) is 26.3 Å². The fraction of sp³-hybridized carbons (Fsp3) is 0.371. The Bertz CT molecular complexity index is 1620. The Balaban J connectivity index is 1.24. The summed E-state index contributed by atoms with van der Waals surface area (Å²) in [4.78, 5) is 30.0. The van der Waals surface area contributed by atoms with Crippen LogP contribution >= 0.6 is 11.6 Å². The van der Waals surface area contributed by atoms with Gasteiger partial charge in [0.25, 0.3) is 5.91 Å². The van der Waals surface area contributed by atoms with Crippen LogP contribution in [0.5, 0.6) is 11.5 Å². The summed E-state index contributed by atoms with van der Waals surface area (Å²) < 4.78 is 26.4. The van der Waals surface area contributed by atoms with Gasteiger partial charge in [-0.1, -0.05) is 41.9 Å². The molecular formula is C35H37ClFN3O5. The molecule has 236 valence electrons. The molecule has 0 unspecified atom stereocenters. The second-order valence-corrected chi connectivity index (χ2v) is 12.4. The van der Waals surface area contributed by atoms with Crippen molar-refractivity contribution in [1.29, 1.82) is 0 Å². The molecule has 2 fully saturated rings. The molecule has 8 nitrogen and oxygen atoms in total. The Morgan fingerprint density at radius 3 is 2.44 bits per heavy atom. The molecule has 45 heavy (non-hydrogen) atoms. The molecule has 2 aliphatic heterocycles. The minimum atomic E-state index is -1.05. The van der Waals surface area contributed by atoms with Crippen LogP contribution in [-0.2, 0) is 11.3 Å². The van der Waals surface area contributed by atoms with Crippen LogP contribution < -0.4 is 14.8 Å². The van der Waals surface area contributed by atoms with E-state index in [4.69, 9.17) is 21.1 Å². The normalized spacial score (nSPS) is 19.3. The average molecular weight is 634 g/mol. The summed E-state index contributed by atoms with van der Waals surface area (Å²) in [5.41, 5.74) is 4.76. The minimum absolute atomic E-state index is 0.00453. The van der Waals surface area contributed by atoms with E-state index in [1.807, 2.05) is 50.2 Å². The fourth-order valence-electron chi connectivity index (χ4n) is 6.28. The van der Waals surface area contributed by atoms with Gasteiger partial charge in [-0.05, 0) is 85.7 Å². The van der Waals surface area contributed by atoms with Crippen LogP contribution in [0.25, 0.3) is 5.57 Å². The first-order valence-corrected chi connectivity index (χ1v) is 15.7. The van der Waals surface area contributed by atoms with E-state index in [1.165, 1.54) is 11.0 Å². The first-order chi connectivity index (χ1) is 21.7. The molecule has 0 aromatic heterocycles. The third-order valence-electron chi connectivity index (χ3n) is 8.90. The maximum absolute atomic E-state index is 14.7. The van der Waals surface area contributed by atoms with Gasteiger partial charge in [-0.3, -0.25) is 9.69 Å². The smallest absolute Gasteiger partial charge is 0.408 e. The maximum atomic E-state index is 14.7. The topological polar surface area (TPSA) is 91.3 Å². The number of benzene rings is 3. The Hall–Kier alpha value is -4.08. The highest BCUT2D eigenvalue weighted by molar-refractivity contribution is 6.32. The van der Waals surface area contributed by atoms with Gasteiger partial charge in [0.1, 0.15) is 30.5 Å². The van der Waals surface area contributed by atoms with Gasteiger partial charge in [0.05, 0.1) is 17.1 Å². The third kappa shape index (κ3) is 6.65. The molecule has 2 bridgehead atoms. The van der Waals surface area contributed by atoms with Crippen LogP contribution in [0.4, 0.5) is 9.18 Å². The van der Waals surface area contributed by atoms with Gasteiger partial charge < -0.3 is 24.8 Å². The van der Waals surface area contributed by atoms with Gasteiger partial charge >= 0.3 is 6.09 Å². The highest BCUT2D eigenvalue weighted by Crippen LogP contribution is 2.40. The number of hydrogen-bond acceptors (Lipinski definition) is 5. The molecule has 2 atom stereocenters. The van der Waals surface area contributed by atoms with E-state index < -0.39 is 12.1 Å². The molecule has 3 aromatic carbocycles. The molecule has 10 heteroatoms. The zero-order chi connectivity index (χ0) is 31.7. The Morgan fingerprint density at radius 1 is 1.02 bits per heavy atom. The number of nitrogens with one attached hydrogen (secondary N) is 1. The van der Waals surface area contributed by atoms with Crippen LogP contribution in [-0.4, -0.2) is 71.3 Å². The molecule has 3 aromatic rings. The van der Waals surface area contributed by atoms with E-state index in [9.17, 15) is 19.1 Å². The van der Waals surface area contributed by atoms with Crippen molar-refractivity contribution in [3.63, 3.8) is 0 Å². The Labute approximate surface area is 267 Å². The lowest BCUT2D eigenvalue weighted by molar-refractivity contribution is -0.129. The number of nitrogens with zero attached hydrogens (tertiary/aromatic N) is 2. The second kappa shape index (κ2) is 13.1. The van der Waals surface area contributed by atoms with Crippen LogP contribution in [0, 0.1) is 19.7 Å². The second-order valence-electron chi connectivity index (χ2n) is 12.0. The molecule has 2 N–H and O–H groups in total. The summed E-state index contributed by atoms with van der Waals surface area (Å²) in [6.07, 6.45) is 1.01. The van der Waals surface area contributed by atoms with E-state index in [-0.39, 0.29) is 30.4 Å². The van der Waals surface area contributed by atoms with Gasteiger partial charge in [-0.25, -0.2) is 9.18 Å². The Kier molecular flexibility index (Phi) is 9.01. The molecule has 1 aliphatic carbocycles. The predicted octanol–water partition coefficient (Wildman–Crippen LogP) is 6.22. The number of hydrogen-bond donors (Lipinski definition) is 2. The highest BCUT2D eigenvalue weighted by atomic mass is 35.5. The van der Waals surface area contributed by atoms with Crippen molar-refractivity contribution < 1.29 is 28.6 Å². The molecule has 1 saturated heterocycles. The van der Waals surface area contributed by atoms with Gasteiger partial charge in [0.2, 0.25) is 0 Å². The summed E-state index contributed by atoms with van der Waals surface area (Å²) in [6.45, 7) is 5.59. The van der Waals surface area contributed by atoms with Crippen molar-refractivity contribution in [1.82, 2.24) is 15.1 Å². The molecule has 3 aliphatic rings. The number of piperazine rings is 1. The highest BCUT2D eigenvalue weighted by Gasteiger charge is 2.46. The first kappa shape index (κ1) is 30.9. The van der Waals surface area contributed by atoms with Gasteiger partial charge in [0, 0.05) is 36.8 Å². The molecule has 0 radical (unpaired) electrons. The van der Waals surface area contributed by atoms with E-state index >= 15 is 0 Å². The van der Waals surface area contributed by atoms with E-state index in [0.717, 1.165) is 35.1 Å². The number of fused-ring (bicyclic) bond motifs is 2. The number of aryl methyl sites for hydroxylation is 2. The number of ether oxygens (including phenoxy) is 2. The van der Waals surface area contributed by atoms with Gasteiger partial charge in [-0.2, -0.15) is 0 Å². The van der Waals surface area contributed by atoms with Crippen molar-refractivity contribution in [2.45, 2.75) is 57.8 Å². The number of carbonyl (C=O) groups is 2. The third-order valence-corrected chi connectivity index (χ3v) is 9.20. The van der Waals surface area contributed by atoms with Crippen LogP contribution in [0.2, 0.25) is 5.02 Å². The molecule has 6 rings (SSSR count). The van der Waals surface area contributed by atoms with Gasteiger partial charge in [0.15, 0.2) is 0 Å². The van der Waals surface area contributed by atoms with E-state index in [0.29, 0.717) is 60.4 Å². The summed E-state index contributed by atoms with van der Waals surface area (Å²) in [5.74, 6) is 0.659. The molecule has 1 saturated carbocycles. The quantitative estimate of drug-likeness (QED) is 0.258. The Morgan fingerprint density at radius 2 is 1.73 bits per heavy atom. The largest absolute Gasteiger partial charge is 0.490 e. The number of rotatable bonds is 10. The van der Waals surface area contributed by atoms with Crippen molar-refractivity contribution >= 4 is 29.2 Å². The van der Waals surface area contributed by atoms with Crippen LogP contribution in [0.15, 0.2) is 66.2 Å². The molecular weight excluding hydrogens is 597 g/mol. The summed E-state index contributed by atoms with van der Waals surface area (Å²) in [7, 11) is 0. The monoisotopic (exact) mass is 633 g/mol.